The lowest BCUT2D eigenvalue weighted by Gasteiger charge is -2.01. The third kappa shape index (κ3) is 7.32. The van der Waals surface area contributed by atoms with Gasteiger partial charge in [-0.1, -0.05) is 25.7 Å². The van der Waals surface area contributed by atoms with E-state index in [0.29, 0.717) is 12.2 Å². The van der Waals surface area contributed by atoms with E-state index in [4.69, 9.17) is 4.74 Å². The zero-order valence-corrected chi connectivity index (χ0v) is 8.51. The molecule has 0 saturated heterocycles. The van der Waals surface area contributed by atoms with Gasteiger partial charge in [0.2, 0.25) is 0 Å². The number of esters is 1. The summed E-state index contributed by atoms with van der Waals surface area (Å²) in [4.78, 5) is 10.9. The number of unbranched alkanes of at least 4 members (excludes halogenated alkanes) is 1. The van der Waals surface area contributed by atoms with Gasteiger partial charge in [0.1, 0.15) is 0 Å². The molecule has 2 heteroatoms. The van der Waals surface area contributed by atoms with Crippen LogP contribution in [0.5, 0.6) is 0 Å². The first-order valence-corrected chi connectivity index (χ1v) is 4.66. The predicted octanol–water partition coefficient (Wildman–Crippen LogP) is 2.85. The summed E-state index contributed by atoms with van der Waals surface area (Å²) >= 11 is 0. The zero-order chi connectivity index (χ0) is 10.1. The highest BCUT2D eigenvalue weighted by Gasteiger charge is 2.00. The molecule has 0 aliphatic heterocycles. The largest absolute Gasteiger partial charge is 0.462 e. The van der Waals surface area contributed by atoms with Crippen LogP contribution in [-0.4, -0.2) is 12.6 Å². The first kappa shape index (κ1) is 11.9. The highest BCUT2D eigenvalue weighted by Crippen LogP contribution is 1.97. The molecule has 0 aromatic rings. The maximum atomic E-state index is 10.9. The molecular formula is C11H18O2. The van der Waals surface area contributed by atoms with Gasteiger partial charge in [-0.2, -0.15) is 0 Å². The Hall–Kier alpha value is -1.05. The predicted molar refractivity (Wildman–Crippen MR) is 54.4 cm³/mol. The monoisotopic (exact) mass is 182 g/mol. The molecule has 0 rings (SSSR count). The van der Waals surface area contributed by atoms with Crippen molar-refractivity contribution in [2.75, 3.05) is 6.61 Å². The molecule has 0 aliphatic rings. The molecule has 0 aliphatic carbocycles. The second-order valence-electron chi connectivity index (χ2n) is 2.94. The molecule has 0 saturated carbocycles. The van der Waals surface area contributed by atoms with E-state index in [2.05, 4.69) is 25.7 Å². The molecule has 0 fully saturated rings. The van der Waals surface area contributed by atoms with Crippen molar-refractivity contribution in [3.8, 4) is 0 Å². The van der Waals surface area contributed by atoms with Crippen molar-refractivity contribution in [2.24, 2.45) is 0 Å². The number of hydrogen-bond donors (Lipinski definition) is 0. The van der Waals surface area contributed by atoms with Crippen LogP contribution in [0.3, 0.4) is 0 Å². The minimum atomic E-state index is -0.292. The van der Waals surface area contributed by atoms with Crippen molar-refractivity contribution in [2.45, 2.75) is 33.1 Å². The van der Waals surface area contributed by atoms with Crippen LogP contribution < -0.4 is 0 Å². The molecular weight excluding hydrogens is 164 g/mol. The highest BCUT2D eigenvalue weighted by molar-refractivity contribution is 5.86. The van der Waals surface area contributed by atoms with Crippen molar-refractivity contribution in [1.29, 1.82) is 0 Å². The molecule has 0 aromatic heterocycles. The molecule has 0 amide bonds. The zero-order valence-electron chi connectivity index (χ0n) is 8.51. The summed E-state index contributed by atoms with van der Waals surface area (Å²) < 4.78 is 4.91. The van der Waals surface area contributed by atoms with Crippen molar-refractivity contribution in [3.63, 3.8) is 0 Å². The van der Waals surface area contributed by atoms with Gasteiger partial charge < -0.3 is 4.74 Å². The molecule has 0 bridgehead atoms. The number of ether oxygens (including phenoxy) is 1. The Kier molecular flexibility index (Phi) is 6.98. The number of carbonyl (C=O) groups is 1. The molecule has 0 spiro atoms. The van der Waals surface area contributed by atoms with E-state index in [-0.39, 0.29) is 5.97 Å². The first-order chi connectivity index (χ1) is 6.18. The van der Waals surface area contributed by atoms with Crippen molar-refractivity contribution >= 4 is 5.97 Å². The summed E-state index contributed by atoms with van der Waals surface area (Å²) in [6.07, 6.45) is 7.13. The number of allylic oxidation sites excluding steroid dienone is 2. The summed E-state index contributed by atoms with van der Waals surface area (Å²) in [5.74, 6) is -0.292. The molecule has 2 nitrogen and oxygen atoms in total. The first-order valence-electron chi connectivity index (χ1n) is 4.66. The molecule has 0 aromatic carbocycles. The van der Waals surface area contributed by atoms with Crippen LogP contribution >= 0.6 is 0 Å². The SMILES string of the molecule is C=C(C)C(=O)OCCC/C=C\CC. The Morgan fingerprint density at radius 1 is 1.46 bits per heavy atom. The topological polar surface area (TPSA) is 26.3 Å². The fraction of sp³-hybridized carbons (Fsp3) is 0.545. The van der Waals surface area contributed by atoms with E-state index < -0.39 is 0 Å². The minimum absolute atomic E-state index is 0.292. The normalized spacial score (nSPS) is 10.3. The van der Waals surface area contributed by atoms with Gasteiger partial charge in [0, 0.05) is 5.57 Å². The maximum absolute atomic E-state index is 10.9. The van der Waals surface area contributed by atoms with Gasteiger partial charge >= 0.3 is 5.97 Å². The third-order valence-electron chi connectivity index (χ3n) is 1.50. The second-order valence-corrected chi connectivity index (χ2v) is 2.94. The van der Waals surface area contributed by atoms with Crippen LogP contribution in [0.15, 0.2) is 24.3 Å². The van der Waals surface area contributed by atoms with E-state index >= 15 is 0 Å². The standard InChI is InChI=1S/C11H18O2/c1-4-5-6-7-8-9-13-11(12)10(2)3/h5-6H,2,4,7-9H2,1,3H3/b6-5-. The molecule has 13 heavy (non-hydrogen) atoms. The van der Waals surface area contributed by atoms with E-state index in [0.717, 1.165) is 19.3 Å². The van der Waals surface area contributed by atoms with Crippen LogP contribution in [0.2, 0.25) is 0 Å². The smallest absolute Gasteiger partial charge is 0.333 e. The fourth-order valence-corrected chi connectivity index (χ4v) is 0.774. The molecule has 0 unspecified atom stereocenters. The number of rotatable bonds is 6. The van der Waals surface area contributed by atoms with Gasteiger partial charge in [0.15, 0.2) is 0 Å². The molecule has 0 heterocycles. The highest BCUT2D eigenvalue weighted by atomic mass is 16.5. The Morgan fingerprint density at radius 3 is 2.69 bits per heavy atom. The average Bonchev–Trinajstić information content (AvgIpc) is 2.10. The average molecular weight is 182 g/mol. The van der Waals surface area contributed by atoms with Gasteiger partial charge in [-0.15, -0.1) is 0 Å². The quantitative estimate of drug-likeness (QED) is 0.273. The number of hydrogen-bond acceptors (Lipinski definition) is 2. The summed E-state index contributed by atoms with van der Waals surface area (Å²) in [5.41, 5.74) is 0.462. The van der Waals surface area contributed by atoms with Gasteiger partial charge in [-0.25, -0.2) is 4.79 Å². The lowest BCUT2D eigenvalue weighted by Crippen LogP contribution is -2.05. The van der Waals surface area contributed by atoms with Gasteiger partial charge in [0.25, 0.3) is 0 Å². The van der Waals surface area contributed by atoms with Crippen LogP contribution in [0.25, 0.3) is 0 Å². The third-order valence-corrected chi connectivity index (χ3v) is 1.50. The van der Waals surface area contributed by atoms with E-state index in [1.165, 1.54) is 0 Å². The van der Waals surface area contributed by atoms with Gasteiger partial charge in [0.05, 0.1) is 6.61 Å². The summed E-state index contributed by atoms with van der Waals surface area (Å²) in [7, 11) is 0. The molecule has 0 N–H and O–H groups in total. The van der Waals surface area contributed by atoms with Crippen LogP contribution in [0.1, 0.15) is 33.1 Å². The minimum Gasteiger partial charge on any atom is -0.462 e. The Balaban J connectivity index is 3.31. The maximum Gasteiger partial charge on any atom is 0.333 e. The summed E-state index contributed by atoms with van der Waals surface area (Å²) in [5, 5.41) is 0. The molecule has 74 valence electrons. The lowest BCUT2D eigenvalue weighted by atomic mass is 10.3. The van der Waals surface area contributed by atoms with Crippen molar-refractivity contribution in [3.05, 3.63) is 24.3 Å². The fourth-order valence-electron chi connectivity index (χ4n) is 0.774. The summed E-state index contributed by atoms with van der Waals surface area (Å²) in [6, 6.07) is 0. The Labute approximate surface area is 80.3 Å². The van der Waals surface area contributed by atoms with Gasteiger partial charge in [-0.3, -0.25) is 0 Å². The van der Waals surface area contributed by atoms with Gasteiger partial charge in [-0.05, 0) is 26.2 Å². The van der Waals surface area contributed by atoms with E-state index in [1.54, 1.807) is 6.92 Å². The molecule has 0 atom stereocenters. The van der Waals surface area contributed by atoms with E-state index in [9.17, 15) is 4.79 Å². The van der Waals surface area contributed by atoms with Crippen molar-refractivity contribution in [1.82, 2.24) is 0 Å². The Bertz CT molecular complexity index is 192. The lowest BCUT2D eigenvalue weighted by molar-refractivity contribution is -0.139. The second kappa shape index (κ2) is 7.59. The molecule has 0 radical (unpaired) electrons. The number of carbonyl (C=O) groups excluding carboxylic acids is 1. The Morgan fingerprint density at radius 2 is 2.15 bits per heavy atom. The van der Waals surface area contributed by atoms with Crippen LogP contribution in [0.4, 0.5) is 0 Å². The summed E-state index contributed by atoms with van der Waals surface area (Å²) in [6.45, 7) is 7.73. The van der Waals surface area contributed by atoms with E-state index in [1.807, 2.05) is 0 Å². The van der Waals surface area contributed by atoms with Crippen LogP contribution in [0, 0.1) is 0 Å². The van der Waals surface area contributed by atoms with Crippen molar-refractivity contribution < 1.29 is 9.53 Å². The van der Waals surface area contributed by atoms with Crippen LogP contribution in [-0.2, 0) is 9.53 Å².